The first-order valence-electron chi connectivity index (χ1n) is 3.44. The van der Waals surface area contributed by atoms with Crippen molar-refractivity contribution < 1.29 is 4.42 Å². The molecule has 2 rings (SSSR count). The second-order valence-electron chi connectivity index (χ2n) is 2.66. The standard InChI is InChI=1S/C8H10O/c1-6-5-7-3-2-4-8(7)9-6/h5H,2-4H2,1H3. The van der Waals surface area contributed by atoms with Crippen LogP contribution in [0.2, 0.25) is 0 Å². The van der Waals surface area contributed by atoms with E-state index in [1.807, 2.05) is 6.92 Å². The fraction of sp³-hybridized carbons (Fsp3) is 0.500. The Morgan fingerprint density at radius 1 is 1.44 bits per heavy atom. The molecule has 0 bridgehead atoms. The molecule has 1 heterocycles. The molecule has 0 atom stereocenters. The van der Waals surface area contributed by atoms with Gasteiger partial charge in [-0.3, -0.25) is 0 Å². The Morgan fingerprint density at radius 2 is 2.33 bits per heavy atom. The molecule has 0 aliphatic heterocycles. The summed E-state index contributed by atoms with van der Waals surface area (Å²) in [5.74, 6) is 2.30. The third kappa shape index (κ3) is 0.680. The van der Waals surface area contributed by atoms with Crippen molar-refractivity contribution in [3.8, 4) is 0 Å². The van der Waals surface area contributed by atoms with Crippen LogP contribution >= 0.6 is 0 Å². The molecule has 1 heteroatoms. The van der Waals surface area contributed by atoms with E-state index in [-0.39, 0.29) is 0 Å². The molecular weight excluding hydrogens is 112 g/mol. The smallest absolute Gasteiger partial charge is 0.107 e. The van der Waals surface area contributed by atoms with Crippen LogP contribution in [0.3, 0.4) is 0 Å². The van der Waals surface area contributed by atoms with E-state index in [2.05, 4.69) is 6.07 Å². The molecule has 1 aliphatic carbocycles. The number of furan rings is 1. The summed E-state index contributed by atoms with van der Waals surface area (Å²) in [5, 5.41) is 0. The zero-order valence-corrected chi connectivity index (χ0v) is 5.61. The number of aryl methyl sites for hydroxylation is 3. The van der Waals surface area contributed by atoms with Crippen molar-refractivity contribution in [3.63, 3.8) is 0 Å². The molecule has 0 saturated heterocycles. The average Bonchev–Trinajstić information content (AvgIpc) is 2.22. The van der Waals surface area contributed by atoms with Crippen LogP contribution in [0.1, 0.15) is 23.5 Å². The average molecular weight is 122 g/mol. The highest BCUT2D eigenvalue weighted by atomic mass is 16.3. The van der Waals surface area contributed by atoms with Crippen molar-refractivity contribution in [2.75, 3.05) is 0 Å². The van der Waals surface area contributed by atoms with Crippen molar-refractivity contribution in [1.82, 2.24) is 0 Å². The maximum absolute atomic E-state index is 5.43. The van der Waals surface area contributed by atoms with Crippen LogP contribution in [0, 0.1) is 6.92 Å². The quantitative estimate of drug-likeness (QED) is 0.513. The normalized spacial score (nSPS) is 16.1. The Bertz CT molecular complexity index is 201. The van der Waals surface area contributed by atoms with Gasteiger partial charge in [-0.25, -0.2) is 0 Å². The van der Waals surface area contributed by atoms with Crippen molar-refractivity contribution >= 4 is 0 Å². The molecule has 0 saturated carbocycles. The fourth-order valence-corrected chi connectivity index (χ4v) is 1.48. The number of fused-ring (bicyclic) bond motifs is 1. The van der Waals surface area contributed by atoms with E-state index in [4.69, 9.17) is 4.42 Å². The van der Waals surface area contributed by atoms with Gasteiger partial charge >= 0.3 is 0 Å². The van der Waals surface area contributed by atoms with Crippen LogP contribution in [-0.4, -0.2) is 0 Å². The summed E-state index contributed by atoms with van der Waals surface area (Å²) in [6.45, 7) is 2.01. The summed E-state index contributed by atoms with van der Waals surface area (Å²) >= 11 is 0. The molecule has 1 aromatic heterocycles. The van der Waals surface area contributed by atoms with Gasteiger partial charge in [0.1, 0.15) is 11.5 Å². The second-order valence-corrected chi connectivity index (χ2v) is 2.66. The van der Waals surface area contributed by atoms with Gasteiger partial charge in [0, 0.05) is 6.42 Å². The van der Waals surface area contributed by atoms with E-state index in [1.165, 1.54) is 24.2 Å². The largest absolute Gasteiger partial charge is 0.466 e. The SMILES string of the molecule is Cc1cc2c(o1)CCC2. The molecule has 0 aromatic carbocycles. The second kappa shape index (κ2) is 1.63. The van der Waals surface area contributed by atoms with Gasteiger partial charge in [0.05, 0.1) is 0 Å². The minimum absolute atomic E-state index is 1.07. The Balaban J connectivity index is 2.51. The summed E-state index contributed by atoms with van der Waals surface area (Å²) in [4.78, 5) is 0. The van der Waals surface area contributed by atoms with Crippen molar-refractivity contribution in [2.45, 2.75) is 26.2 Å². The predicted octanol–water partition coefficient (Wildman–Crippen LogP) is 2.08. The maximum Gasteiger partial charge on any atom is 0.107 e. The lowest BCUT2D eigenvalue weighted by molar-refractivity contribution is 0.488. The molecule has 1 nitrogen and oxygen atoms in total. The Hall–Kier alpha value is -0.720. The Morgan fingerprint density at radius 3 is 3.11 bits per heavy atom. The third-order valence-corrected chi connectivity index (χ3v) is 1.87. The summed E-state index contributed by atoms with van der Waals surface area (Å²) in [6.07, 6.45) is 3.67. The van der Waals surface area contributed by atoms with Gasteiger partial charge in [-0.05, 0) is 31.4 Å². The van der Waals surface area contributed by atoms with Crippen LogP contribution in [0.25, 0.3) is 0 Å². The van der Waals surface area contributed by atoms with Crippen LogP contribution < -0.4 is 0 Å². The first-order valence-corrected chi connectivity index (χ1v) is 3.44. The highest BCUT2D eigenvalue weighted by Crippen LogP contribution is 2.24. The van der Waals surface area contributed by atoms with E-state index in [0.29, 0.717) is 0 Å². The minimum Gasteiger partial charge on any atom is -0.466 e. The first kappa shape index (κ1) is 5.10. The molecule has 0 N–H and O–H groups in total. The first-order chi connectivity index (χ1) is 4.36. The van der Waals surface area contributed by atoms with E-state index in [1.54, 1.807) is 0 Å². The summed E-state index contributed by atoms with van der Waals surface area (Å²) in [5.41, 5.74) is 1.44. The predicted molar refractivity (Wildman–Crippen MR) is 35.5 cm³/mol. The van der Waals surface area contributed by atoms with E-state index in [0.717, 1.165) is 12.2 Å². The molecule has 1 aliphatic rings. The van der Waals surface area contributed by atoms with Crippen LogP contribution in [0.5, 0.6) is 0 Å². The monoisotopic (exact) mass is 122 g/mol. The van der Waals surface area contributed by atoms with Crippen LogP contribution in [-0.2, 0) is 12.8 Å². The van der Waals surface area contributed by atoms with E-state index < -0.39 is 0 Å². The van der Waals surface area contributed by atoms with E-state index >= 15 is 0 Å². The molecule has 9 heavy (non-hydrogen) atoms. The molecular formula is C8H10O. The lowest BCUT2D eigenvalue weighted by Crippen LogP contribution is -1.69. The highest BCUT2D eigenvalue weighted by Gasteiger charge is 2.14. The molecule has 0 amide bonds. The summed E-state index contributed by atoms with van der Waals surface area (Å²) in [7, 11) is 0. The van der Waals surface area contributed by atoms with Crippen molar-refractivity contribution in [1.29, 1.82) is 0 Å². The molecule has 0 spiro atoms. The van der Waals surface area contributed by atoms with Gasteiger partial charge < -0.3 is 4.42 Å². The van der Waals surface area contributed by atoms with Gasteiger partial charge in [0.25, 0.3) is 0 Å². The summed E-state index contributed by atoms with van der Waals surface area (Å²) < 4.78 is 5.43. The van der Waals surface area contributed by atoms with Gasteiger partial charge in [-0.1, -0.05) is 0 Å². The lowest BCUT2D eigenvalue weighted by atomic mass is 10.2. The minimum atomic E-state index is 1.07. The molecule has 48 valence electrons. The third-order valence-electron chi connectivity index (χ3n) is 1.87. The van der Waals surface area contributed by atoms with Gasteiger partial charge in [0.15, 0.2) is 0 Å². The highest BCUT2D eigenvalue weighted by molar-refractivity contribution is 5.25. The number of hydrogen-bond acceptors (Lipinski definition) is 1. The van der Waals surface area contributed by atoms with Crippen LogP contribution in [0.15, 0.2) is 10.5 Å². The van der Waals surface area contributed by atoms with Crippen molar-refractivity contribution in [3.05, 3.63) is 23.2 Å². The molecule has 0 fully saturated rings. The van der Waals surface area contributed by atoms with Gasteiger partial charge in [0.2, 0.25) is 0 Å². The molecule has 0 unspecified atom stereocenters. The Labute approximate surface area is 54.7 Å². The fourth-order valence-electron chi connectivity index (χ4n) is 1.48. The zero-order chi connectivity index (χ0) is 6.27. The molecule has 1 aromatic rings. The lowest BCUT2D eigenvalue weighted by Gasteiger charge is -1.83. The van der Waals surface area contributed by atoms with E-state index in [9.17, 15) is 0 Å². The van der Waals surface area contributed by atoms with Crippen LogP contribution in [0.4, 0.5) is 0 Å². The van der Waals surface area contributed by atoms with Gasteiger partial charge in [-0.15, -0.1) is 0 Å². The molecule has 0 radical (unpaired) electrons. The number of rotatable bonds is 0. The van der Waals surface area contributed by atoms with Crippen molar-refractivity contribution in [2.24, 2.45) is 0 Å². The number of hydrogen-bond donors (Lipinski definition) is 0. The topological polar surface area (TPSA) is 13.1 Å². The zero-order valence-electron chi connectivity index (χ0n) is 5.61. The summed E-state index contributed by atoms with van der Waals surface area (Å²) in [6, 6.07) is 2.16. The Kier molecular flexibility index (Phi) is 0.922. The maximum atomic E-state index is 5.43. The van der Waals surface area contributed by atoms with Gasteiger partial charge in [-0.2, -0.15) is 0 Å².